The van der Waals surface area contributed by atoms with E-state index in [1.54, 1.807) is 4.90 Å². The summed E-state index contributed by atoms with van der Waals surface area (Å²) in [4.78, 5) is 41.5. The first-order chi connectivity index (χ1) is 12.9. The molecule has 2 aliphatic heterocycles. The van der Waals surface area contributed by atoms with Crippen molar-refractivity contribution in [3.05, 3.63) is 35.9 Å². The molecule has 1 aromatic rings. The van der Waals surface area contributed by atoms with Gasteiger partial charge in [-0.1, -0.05) is 57.5 Å². The normalized spacial score (nSPS) is 28.4. The number of carbonyl (C=O) groups is 3. The van der Waals surface area contributed by atoms with Gasteiger partial charge < -0.3 is 10.2 Å². The van der Waals surface area contributed by atoms with Crippen molar-refractivity contribution < 1.29 is 14.4 Å². The number of rotatable bonds is 5. The minimum Gasteiger partial charge on any atom is -0.341 e. The predicted molar refractivity (Wildman–Crippen MR) is 103 cm³/mol. The second kappa shape index (κ2) is 7.71. The van der Waals surface area contributed by atoms with Crippen LogP contribution in [-0.2, 0) is 15.1 Å². The van der Waals surface area contributed by atoms with Crippen molar-refractivity contribution >= 4 is 17.8 Å². The molecule has 2 heterocycles. The van der Waals surface area contributed by atoms with Crippen LogP contribution in [0.3, 0.4) is 0 Å². The standard InChI is InChI=1S/C21H29N3O3/c1-4-10-21(17-8-6-5-7-9-17)19(26)24(20(27)22-21)14-18(25)23-12-15(2)11-16(3)13-23/h5-9,15-16H,4,10-14H2,1-3H3,(H,22,27)/t15-,16-,21+/m0/s1. The van der Waals surface area contributed by atoms with Gasteiger partial charge in [0.15, 0.2) is 0 Å². The summed E-state index contributed by atoms with van der Waals surface area (Å²) < 4.78 is 0. The van der Waals surface area contributed by atoms with Crippen LogP contribution < -0.4 is 5.32 Å². The highest BCUT2D eigenvalue weighted by Crippen LogP contribution is 2.33. The smallest absolute Gasteiger partial charge is 0.325 e. The number of hydrogen-bond donors (Lipinski definition) is 1. The molecule has 0 aliphatic carbocycles. The van der Waals surface area contributed by atoms with E-state index in [0.717, 1.165) is 23.3 Å². The number of piperidine rings is 1. The van der Waals surface area contributed by atoms with Gasteiger partial charge in [-0.3, -0.25) is 14.5 Å². The van der Waals surface area contributed by atoms with E-state index in [9.17, 15) is 14.4 Å². The number of amides is 4. The average molecular weight is 371 g/mol. The highest BCUT2D eigenvalue weighted by molar-refractivity contribution is 6.09. The van der Waals surface area contributed by atoms with Gasteiger partial charge in [0.25, 0.3) is 5.91 Å². The Morgan fingerprint density at radius 3 is 2.37 bits per heavy atom. The summed E-state index contributed by atoms with van der Waals surface area (Å²) in [5.41, 5.74) is -0.309. The summed E-state index contributed by atoms with van der Waals surface area (Å²) >= 11 is 0. The van der Waals surface area contributed by atoms with Crippen LogP contribution in [0.2, 0.25) is 0 Å². The molecule has 1 N–H and O–H groups in total. The first kappa shape index (κ1) is 19.4. The lowest BCUT2D eigenvalue weighted by molar-refractivity contribution is -0.140. The SMILES string of the molecule is CCC[C@]1(c2ccccc2)NC(=O)N(CC(=O)N2C[C@@H](C)C[C@H](C)C2)C1=O. The summed E-state index contributed by atoms with van der Waals surface area (Å²) in [6.07, 6.45) is 2.34. The molecule has 2 fully saturated rings. The first-order valence-corrected chi connectivity index (χ1v) is 9.84. The molecule has 27 heavy (non-hydrogen) atoms. The molecule has 3 atom stereocenters. The fourth-order valence-corrected chi connectivity index (χ4v) is 4.48. The summed E-state index contributed by atoms with van der Waals surface area (Å²) in [5.74, 6) is 0.387. The summed E-state index contributed by atoms with van der Waals surface area (Å²) in [5, 5.41) is 2.88. The second-order valence-corrected chi connectivity index (χ2v) is 8.09. The fraction of sp³-hybridized carbons (Fsp3) is 0.571. The zero-order valence-corrected chi connectivity index (χ0v) is 16.4. The van der Waals surface area contributed by atoms with Crippen LogP contribution in [0, 0.1) is 11.8 Å². The number of urea groups is 1. The van der Waals surface area contributed by atoms with Crippen LogP contribution in [0.25, 0.3) is 0 Å². The molecule has 3 rings (SSSR count). The van der Waals surface area contributed by atoms with Crippen LogP contribution in [-0.4, -0.2) is 47.3 Å². The highest BCUT2D eigenvalue weighted by atomic mass is 16.2. The topological polar surface area (TPSA) is 69.7 Å². The molecule has 2 aliphatic rings. The van der Waals surface area contributed by atoms with Gasteiger partial charge >= 0.3 is 6.03 Å². The van der Waals surface area contributed by atoms with Crippen LogP contribution in [0.4, 0.5) is 4.79 Å². The minimum absolute atomic E-state index is 0.155. The second-order valence-electron chi connectivity index (χ2n) is 8.09. The zero-order chi connectivity index (χ0) is 19.6. The Morgan fingerprint density at radius 2 is 1.78 bits per heavy atom. The summed E-state index contributed by atoms with van der Waals surface area (Å²) in [7, 11) is 0. The van der Waals surface area contributed by atoms with Crippen molar-refractivity contribution in [3.63, 3.8) is 0 Å². The number of nitrogens with zero attached hydrogens (tertiary/aromatic N) is 2. The molecule has 146 valence electrons. The molecule has 1 aromatic carbocycles. The fourth-order valence-electron chi connectivity index (χ4n) is 4.48. The third-order valence-electron chi connectivity index (χ3n) is 5.58. The van der Waals surface area contributed by atoms with Gasteiger partial charge in [0.2, 0.25) is 5.91 Å². The quantitative estimate of drug-likeness (QED) is 0.809. The van der Waals surface area contributed by atoms with E-state index in [0.29, 0.717) is 31.3 Å². The Balaban J connectivity index is 1.80. The maximum Gasteiger partial charge on any atom is 0.325 e. The molecule has 0 radical (unpaired) electrons. The Kier molecular flexibility index (Phi) is 5.53. The Morgan fingerprint density at radius 1 is 1.15 bits per heavy atom. The van der Waals surface area contributed by atoms with Gasteiger partial charge in [0, 0.05) is 13.1 Å². The zero-order valence-electron chi connectivity index (χ0n) is 16.4. The molecule has 0 unspecified atom stereocenters. The van der Waals surface area contributed by atoms with Crippen molar-refractivity contribution in [2.45, 2.75) is 45.6 Å². The molecular weight excluding hydrogens is 342 g/mol. The number of imide groups is 1. The van der Waals surface area contributed by atoms with Crippen LogP contribution >= 0.6 is 0 Å². The molecular formula is C21H29N3O3. The van der Waals surface area contributed by atoms with Crippen molar-refractivity contribution in [3.8, 4) is 0 Å². The highest BCUT2D eigenvalue weighted by Gasteiger charge is 2.52. The van der Waals surface area contributed by atoms with Gasteiger partial charge in [-0.15, -0.1) is 0 Å². The number of hydrogen-bond acceptors (Lipinski definition) is 3. The predicted octanol–water partition coefficient (Wildman–Crippen LogP) is 2.74. The molecule has 6 heteroatoms. The Labute approximate surface area is 160 Å². The first-order valence-electron chi connectivity index (χ1n) is 9.84. The maximum absolute atomic E-state index is 13.2. The van der Waals surface area contributed by atoms with Gasteiger partial charge in [0.1, 0.15) is 12.1 Å². The molecule has 0 spiro atoms. The molecule has 0 saturated carbocycles. The minimum atomic E-state index is -1.07. The number of likely N-dealkylation sites (tertiary alicyclic amines) is 1. The van der Waals surface area contributed by atoms with Gasteiger partial charge in [-0.05, 0) is 30.2 Å². The van der Waals surface area contributed by atoms with Crippen molar-refractivity contribution in [1.82, 2.24) is 15.1 Å². The van der Waals surface area contributed by atoms with E-state index in [2.05, 4.69) is 19.2 Å². The van der Waals surface area contributed by atoms with Gasteiger partial charge in [-0.25, -0.2) is 4.79 Å². The van der Waals surface area contributed by atoms with Gasteiger partial charge in [0.05, 0.1) is 0 Å². The lowest BCUT2D eigenvalue weighted by atomic mass is 9.85. The van der Waals surface area contributed by atoms with E-state index in [4.69, 9.17) is 0 Å². The maximum atomic E-state index is 13.2. The molecule has 0 bridgehead atoms. The Bertz CT molecular complexity index is 711. The molecule has 2 saturated heterocycles. The third-order valence-corrected chi connectivity index (χ3v) is 5.58. The largest absolute Gasteiger partial charge is 0.341 e. The van der Waals surface area contributed by atoms with E-state index >= 15 is 0 Å². The average Bonchev–Trinajstić information content (AvgIpc) is 2.87. The van der Waals surface area contributed by atoms with Crippen LogP contribution in [0.15, 0.2) is 30.3 Å². The lowest BCUT2D eigenvalue weighted by Crippen LogP contribution is -2.49. The molecule has 0 aromatic heterocycles. The summed E-state index contributed by atoms with van der Waals surface area (Å²) in [6.45, 7) is 7.42. The van der Waals surface area contributed by atoms with Crippen LogP contribution in [0.5, 0.6) is 0 Å². The van der Waals surface area contributed by atoms with Crippen LogP contribution in [0.1, 0.15) is 45.6 Å². The number of nitrogens with one attached hydrogen (secondary N) is 1. The monoisotopic (exact) mass is 371 g/mol. The van der Waals surface area contributed by atoms with E-state index in [-0.39, 0.29) is 18.4 Å². The lowest BCUT2D eigenvalue weighted by Gasteiger charge is -2.35. The summed E-state index contributed by atoms with van der Waals surface area (Å²) in [6, 6.07) is 8.82. The number of benzene rings is 1. The third kappa shape index (κ3) is 3.70. The van der Waals surface area contributed by atoms with E-state index in [1.165, 1.54) is 0 Å². The molecule has 6 nitrogen and oxygen atoms in total. The van der Waals surface area contributed by atoms with Gasteiger partial charge in [-0.2, -0.15) is 0 Å². The van der Waals surface area contributed by atoms with Crippen molar-refractivity contribution in [2.75, 3.05) is 19.6 Å². The Hall–Kier alpha value is -2.37. The van der Waals surface area contributed by atoms with E-state index in [1.807, 2.05) is 37.3 Å². The van der Waals surface area contributed by atoms with Crippen molar-refractivity contribution in [2.24, 2.45) is 11.8 Å². The molecule has 4 amide bonds. The number of carbonyl (C=O) groups excluding carboxylic acids is 3. The van der Waals surface area contributed by atoms with E-state index < -0.39 is 11.6 Å². The van der Waals surface area contributed by atoms with Crippen molar-refractivity contribution in [1.29, 1.82) is 0 Å².